The van der Waals surface area contributed by atoms with Crippen LogP contribution in [0.2, 0.25) is 0 Å². The third-order valence-electron chi connectivity index (χ3n) is 5.92. The van der Waals surface area contributed by atoms with Crippen molar-refractivity contribution in [3.63, 3.8) is 0 Å². The second-order valence-corrected chi connectivity index (χ2v) is 8.10. The Bertz CT molecular complexity index is 1310. The number of fused-ring (bicyclic) bond motifs is 2. The Morgan fingerprint density at radius 2 is 2.15 bits per heavy atom. The number of aromatic nitrogens is 2. The van der Waals surface area contributed by atoms with Crippen molar-refractivity contribution in [3.8, 4) is 0 Å². The lowest BCUT2D eigenvalue weighted by atomic mass is 9.99. The standard InChI is InChI=1S/C24H21FN4O4/c1-29-12-26-10-16(29)8-20(24(31)32)27-9-13-2-4-17-14(6-13)11-33-22(17)21-18-7-15(25)3-5-19(18)28-23(21)30/h2-7,10,12,20,27H,8-9,11H2,1H3,(H,28,30)(H,31,32)/b22-21+/t20-/m0/s1. The smallest absolute Gasteiger partial charge is 0.321 e. The Morgan fingerprint density at radius 3 is 2.91 bits per heavy atom. The van der Waals surface area contributed by atoms with Gasteiger partial charge in [-0.1, -0.05) is 18.2 Å². The molecule has 1 amide bonds. The number of halogens is 1. The summed E-state index contributed by atoms with van der Waals surface area (Å²) < 4.78 is 21.4. The van der Waals surface area contributed by atoms with E-state index in [9.17, 15) is 19.1 Å². The number of hydrogen-bond donors (Lipinski definition) is 3. The predicted octanol–water partition coefficient (Wildman–Crippen LogP) is 2.70. The predicted molar refractivity (Wildman–Crippen MR) is 118 cm³/mol. The maximum absolute atomic E-state index is 13.8. The van der Waals surface area contributed by atoms with Crippen molar-refractivity contribution in [2.24, 2.45) is 7.05 Å². The summed E-state index contributed by atoms with van der Waals surface area (Å²) in [5.74, 6) is -1.28. The van der Waals surface area contributed by atoms with Crippen LogP contribution in [-0.2, 0) is 40.9 Å². The molecule has 0 saturated carbocycles. The monoisotopic (exact) mass is 448 g/mol. The molecule has 3 aromatic rings. The van der Waals surface area contributed by atoms with Crippen molar-refractivity contribution in [2.75, 3.05) is 5.32 Å². The Labute approximate surface area is 188 Å². The van der Waals surface area contributed by atoms with Crippen LogP contribution in [0, 0.1) is 5.82 Å². The summed E-state index contributed by atoms with van der Waals surface area (Å²) in [6.45, 7) is 0.625. The van der Waals surface area contributed by atoms with E-state index in [-0.39, 0.29) is 12.5 Å². The van der Waals surface area contributed by atoms with Crippen molar-refractivity contribution >= 4 is 28.9 Å². The van der Waals surface area contributed by atoms with E-state index in [0.717, 1.165) is 22.4 Å². The number of carbonyl (C=O) groups excluding carboxylic acids is 1. The zero-order valence-corrected chi connectivity index (χ0v) is 17.8. The number of aliphatic carboxylic acids is 1. The third-order valence-corrected chi connectivity index (χ3v) is 5.92. The SMILES string of the molecule is Cn1cncc1C[C@H](NCc1ccc2c(c1)CO/C2=C1/C(=O)Nc2ccc(F)cc21)C(=O)O. The summed E-state index contributed by atoms with van der Waals surface area (Å²) in [6.07, 6.45) is 3.60. The van der Waals surface area contributed by atoms with Gasteiger partial charge in [0.2, 0.25) is 0 Å². The van der Waals surface area contributed by atoms with Crippen LogP contribution in [0.25, 0.3) is 11.3 Å². The van der Waals surface area contributed by atoms with Gasteiger partial charge >= 0.3 is 5.97 Å². The van der Waals surface area contributed by atoms with Crippen LogP contribution in [0.15, 0.2) is 48.9 Å². The van der Waals surface area contributed by atoms with Crippen molar-refractivity contribution in [3.05, 3.63) is 82.7 Å². The Kier molecular flexibility index (Phi) is 5.18. The minimum Gasteiger partial charge on any atom is -0.487 e. The molecule has 1 aromatic heterocycles. The van der Waals surface area contributed by atoms with E-state index < -0.39 is 17.8 Å². The quantitative estimate of drug-likeness (QED) is 0.501. The number of carboxylic acids is 1. The number of nitrogens with one attached hydrogen (secondary N) is 2. The van der Waals surface area contributed by atoms with Gasteiger partial charge in [0, 0.05) is 54.3 Å². The first-order valence-electron chi connectivity index (χ1n) is 10.4. The molecule has 0 fully saturated rings. The highest BCUT2D eigenvalue weighted by atomic mass is 19.1. The van der Waals surface area contributed by atoms with Gasteiger partial charge in [0.05, 0.1) is 11.9 Å². The van der Waals surface area contributed by atoms with Gasteiger partial charge in [-0.25, -0.2) is 9.37 Å². The maximum atomic E-state index is 13.8. The normalized spacial score (nSPS) is 17.3. The molecule has 3 N–H and O–H groups in total. The molecule has 0 spiro atoms. The molecule has 168 valence electrons. The number of carboxylic acid groups (broad SMARTS) is 1. The fourth-order valence-corrected chi connectivity index (χ4v) is 4.18. The molecule has 5 rings (SSSR count). The molecule has 0 unspecified atom stereocenters. The molecule has 3 heterocycles. The van der Waals surface area contributed by atoms with Crippen molar-refractivity contribution < 1.29 is 23.8 Å². The second kappa shape index (κ2) is 8.18. The maximum Gasteiger partial charge on any atom is 0.321 e. The van der Waals surface area contributed by atoms with Crippen LogP contribution < -0.4 is 10.6 Å². The Balaban J connectivity index is 1.37. The van der Waals surface area contributed by atoms with E-state index in [1.165, 1.54) is 18.2 Å². The van der Waals surface area contributed by atoms with E-state index in [2.05, 4.69) is 15.6 Å². The van der Waals surface area contributed by atoms with Crippen LogP contribution in [0.5, 0.6) is 0 Å². The lowest BCUT2D eigenvalue weighted by Gasteiger charge is -2.15. The van der Waals surface area contributed by atoms with Crippen molar-refractivity contribution in [1.29, 1.82) is 0 Å². The first-order valence-corrected chi connectivity index (χ1v) is 10.4. The topological polar surface area (TPSA) is 105 Å². The third kappa shape index (κ3) is 3.87. The van der Waals surface area contributed by atoms with E-state index >= 15 is 0 Å². The number of aryl methyl sites for hydroxylation is 1. The van der Waals surface area contributed by atoms with Crippen LogP contribution in [-0.4, -0.2) is 32.6 Å². The number of anilines is 1. The van der Waals surface area contributed by atoms with Crippen LogP contribution in [0.1, 0.15) is 27.9 Å². The molecule has 8 nitrogen and oxygen atoms in total. The molecule has 0 radical (unpaired) electrons. The summed E-state index contributed by atoms with van der Waals surface area (Å²) in [5.41, 5.74) is 4.71. The summed E-state index contributed by atoms with van der Waals surface area (Å²) in [4.78, 5) is 28.3. The average Bonchev–Trinajstić information content (AvgIpc) is 3.46. The Morgan fingerprint density at radius 1 is 1.30 bits per heavy atom. The largest absolute Gasteiger partial charge is 0.487 e. The van der Waals surface area contributed by atoms with Crippen molar-refractivity contribution in [1.82, 2.24) is 14.9 Å². The van der Waals surface area contributed by atoms with E-state index in [1.807, 2.05) is 25.2 Å². The van der Waals surface area contributed by atoms with Gasteiger partial charge in [-0.2, -0.15) is 0 Å². The lowest BCUT2D eigenvalue weighted by molar-refractivity contribution is -0.139. The number of nitrogens with zero attached hydrogens (tertiary/aromatic N) is 2. The van der Waals surface area contributed by atoms with E-state index in [0.29, 0.717) is 35.5 Å². The van der Waals surface area contributed by atoms with Gasteiger partial charge in [0.1, 0.15) is 24.2 Å². The highest BCUT2D eigenvalue weighted by Gasteiger charge is 2.33. The molecule has 2 aliphatic heterocycles. The molecule has 1 atom stereocenters. The number of rotatable bonds is 6. The van der Waals surface area contributed by atoms with Gasteiger partial charge < -0.3 is 19.7 Å². The Hall–Kier alpha value is -3.98. The minimum atomic E-state index is -0.939. The second-order valence-electron chi connectivity index (χ2n) is 8.10. The van der Waals surface area contributed by atoms with Gasteiger partial charge in [-0.3, -0.25) is 14.9 Å². The molecule has 33 heavy (non-hydrogen) atoms. The summed E-state index contributed by atoms with van der Waals surface area (Å²) in [5, 5.41) is 15.4. The molecule has 0 saturated heterocycles. The van der Waals surface area contributed by atoms with Crippen molar-refractivity contribution in [2.45, 2.75) is 25.6 Å². The molecular formula is C24H21FN4O4. The highest BCUT2D eigenvalue weighted by molar-refractivity contribution is 6.36. The van der Waals surface area contributed by atoms with Gasteiger partial charge in [0.25, 0.3) is 5.91 Å². The summed E-state index contributed by atoms with van der Waals surface area (Å²) in [6, 6.07) is 9.03. The summed E-state index contributed by atoms with van der Waals surface area (Å²) in [7, 11) is 1.82. The number of imidazole rings is 1. The molecule has 2 aromatic carbocycles. The number of hydrogen-bond acceptors (Lipinski definition) is 5. The molecule has 2 aliphatic rings. The average molecular weight is 448 g/mol. The van der Waals surface area contributed by atoms with Crippen LogP contribution >= 0.6 is 0 Å². The van der Waals surface area contributed by atoms with E-state index in [4.69, 9.17) is 4.74 Å². The highest BCUT2D eigenvalue weighted by Crippen LogP contribution is 2.41. The fourth-order valence-electron chi connectivity index (χ4n) is 4.18. The van der Waals surface area contributed by atoms with Gasteiger partial charge in [-0.05, 0) is 23.8 Å². The molecule has 9 heteroatoms. The lowest BCUT2D eigenvalue weighted by Crippen LogP contribution is -2.38. The fraction of sp³-hybridized carbons (Fsp3) is 0.208. The van der Waals surface area contributed by atoms with E-state index in [1.54, 1.807) is 17.1 Å². The van der Waals surface area contributed by atoms with Gasteiger partial charge in [-0.15, -0.1) is 0 Å². The first-order chi connectivity index (χ1) is 15.9. The number of ether oxygens (including phenoxy) is 1. The minimum absolute atomic E-state index is 0.275. The first kappa shape index (κ1) is 20.9. The molecular weight excluding hydrogens is 427 g/mol. The van der Waals surface area contributed by atoms with Crippen LogP contribution in [0.3, 0.4) is 0 Å². The summed E-state index contributed by atoms with van der Waals surface area (Å²) >= 11 is 0. The number of benzene rings is 2. The molecule has 0 bridgehead atoms. The zero-order chi connectivity index (χ0) is 23.1. The van der Waals surface area contributed by atoms with Crippen LogP contribution in [0.4, 0.5) is 10.1 Å². The number of amides is 1. The molecule has 0 aliphatic carbocycles. The number of carbonyl (C=O) groups is 2. The van der Waals surface area contributed by atoms with Gasteiger partial charge in [0.15, 0.2) is 0 Å². The zero-order valence-electron chi connectivity index (χ0n) is 17.8.